The summed E-state index contributed by atoms with van der Waals surface area (Å²) in [5, 5.41) is 12.5. The number of nitrogens with two attached hydrogens (primary N) is 1. The van der Waals surface area contributed by atoms with Crippen molar-refractivity contribution in [3.05, 3.63) is 47.3 Å². The van der Waals surface area contributed by atoms with E-state index in [1.807, 2.05) is 13.0 Å². The largest absolute Gasteiger partial charge is 0.505 e. The van der Waals surface area contributed by atoms with Gasteiger partial charge in [0.1, 0.15) is 11.4 Å². The topological polar surface area (TPSA) is 88.2 Å². The van der Waals surface area contributed by atoms with Gasteiger partial charge in [-0.2, -0.15) is 0 Å². The van der Waals surface area contributed by atoms with E-state index < -0.39 is 0 Å². The zero-order chi connectivity index (χ0) is 14.0. The number of benzene rings is 1. The third kappa shape index (κ3) is 2.82. The maximum absolute atomic E-state index is 12.0. The second-order valence-corrected chi connectivity index (χ2v) is 4.41. The molecule has 0 saturated heterocycles. The quantitative estimate of drug-likeness (QED) is 0.720. The molecule has 5 heteroatoms. The first kappa shape index (κ1) is 12.9. The van der Waals surface area contributed by atoms with E-state index in [-0.39, 0.29) is 17.4 Å². The highest BCUT2D eigenvalue weighted by Gasteiger charge is 2.11. The Balaban J connectivity index is 2.26. The monoisotopic (exact) mass is 257 g/mol. The number of carbonyl (C=O) groups excluding carboxylic acids is 1. The fraction of sp³-hybridized carbons (Fsp3) is 0.143. The Morgan fingerprint density at radius 2 is 2.05 bits per heavy atom. The third-order valence-corrected chi connectivity index (χ3v) is 2.71. The van der Waals surface area contributed by atoms with Crippen LogP contribution < -0.4 is 11.1 Å². The number of phenolic OH excluding ortho intramolecular Hbond substituents is 1. The van der Waals surface area contributed by atoms with Crippen LogP contribution in [-0.2, 0) is 0 Å². The molecular formula is C14H15N3O2. The number of aromatic nitrogens is 1. The molecule has 0 aliphatic carbocycles. The number of hydrogen-bond donors (Lipinski definition) is 3. The summed E-state index contributed by atoms with van der Waals surface area (Å²) in [6, 6.07) is 6.68. The number of nitrogens with zero attached hydrogens (tertiary/aromatic N) is 1. The molecule has 1 heterocycles. The third-order valence-electron chi connectivity index (χ3n) is 2.71. The molecule has 1 aromatic heterocycles. The van der Waals surface area contributed by atoms with Gasteiger partial charge in [-0.1, -0.05) is 6.07 Å². The summed E-state index contributed by atoms with van der Waals surface area (Å²) in [7, 11) is 0. The maximum Gasteiger partial charge on any atom is 0.274 e. The van der Waals surface area contributed by atoms with Crippen LogP contribution in [0.5, 0.6) is 5.75 Å². The van der Waals surface area contributed by atoms with E-state index in [1.54, 1.807) is 19.1 Å². The molecule has 0 aliphatic rings. The number of hydrogen-bond acceptors (Lipinski definition) is 4. The lowest BCUT2D eigenvalue weighted by molar-refractivity contribution is 0.102. The molecule has 1 amide bonds. The van der Waals surface area contributed by atoms with Gasteiger partial charge in [-0.05, 0) is 43.2 Å². The van der Waals surface area contributed by atoms with Crippen LogP contribution >= 0.6 is 0 Å². The van der Waals surface area contributed by atoms with Crippen LogP contribution in [0.1, 0.15) is 21.6 Å². The Morgan fingerprint density at radius 1 is 1.32 bits per heavy atom. The van der Waals surface area contributed by atoms with Gasteiger partial charge in [0.05, 0.1) is 17.6 Å². The predicted octanol–water partition coefficient (Wildman–Crippen LogP) is 2.24. The zero-order valence-corrected chi connectivity index (χ0v) is 10.8. The van der Waals surface area contributed by atoms with Crippen molar-refractivity contribution in [3.8, 4) is 5.75 Å². The fourth-order valence-electron chi connectivity index (χ4n) is 1.78. The minimum Gasteiger partial charge on any atom is -0.505 e. The van der Waals surface area contributed by atoms with Crippen molar-refractivity contribution in [1.29, 1.82) is 0 Å². The van der Waals surface area contributed by atoms with E-state index in [1.165, 1.54) is 12.3 Å². The number of rotatable bonds is 2. The highest BCUT2D eigenvalue weighted by atomic mass is 16.3. The van der Waals surface area contributed by atoms with Crippen molar-refractivity contribution in [3.63, 3.8) is 0 Å². The molecule has 0 unspecified atom stereocenters. The van der Waals surface area contributed by atoms with Crippen LogP contribution in [0.25, 0.3) is 0 Å². The first-order chi connectivity index (χ1) is 8.97. The van der Waals surface area contributed by atoms with Gasteiger partial charge < -0.3 is 16.2 Å². The molecule has 2 aromatic rings. The van der Waals surface area contributed by atoms with Gasteiger partial charge in [0.15, 0.2) is 0 Å². The van der Waals surface area contributed by atoms with E-state index in [4.69, 9.17) is 5.73 Å². The molecular weight excluding hydrogens is 242 g/mol. The molecule has 0 saturated carbocycles. The smallest absolute Gasteiger partial charge is 0.274 e. The second-order valence-electron chi connectivity index (χ2n) is 4.41. The van der Waals surface area contributed by atoms with Gasteiger partial charge in [0.2, 0.25) is 0 Å². The molecule has 1 aromatic carbocycles. The Kier molecular flexibility index (Phi) is 3.37. The van der Waals surface area contributed by atoms with Gasteiger partial charge in [0.25, 0.3) is 5.91 Å². The molecule has 0 bridgehead atoms. The zero-order valence-electron chi connectivity index (χ0n) is 10.8. The maximum atomic E-state index is 12.0. The number of nitrogen functional groups attached to an aromatic ring is 1. The molecule has 4 N–H and O–H groups in total. The van der Waals surface area contributed by atoms with Gasteiger partial charge in [-0.3, -0.25) is 4.79 Å². The average Bonchev–Trinajstić information content (AvgIpc) is 2.36. The Bertz CT molecular complexity index is 621. The molecule has 0 atom stereocenters. The molecule has 0 spiro atoms. The summed E-state index contributed by atoms with van der Waals surface area (Å²) in [4.78, 5) is 15.9. The van der Waals surface area contributed by atoms with E-state index in [2.05, 4.69) is 10.3 Å². The normalized spacial score (nSPS) is 10.2. The molecule has 0 aliphatic heterocycles. The van der Waals surface area contributed by atoms with E-state index in [0.29, 0.717) is 16.9 Å². The summed E-state index contributed by atoms with van der Waals surface area (Å²) in [5.41, 5.74) is 8.28. The number of amides is 1. The Hall–Kier alpha value is -2.56. The number of aromatic hydroxyl groups is 1. The lowest BCUT2D eigenvalue weighted by atomic mass is 10.1. The Labute approximate surface area is 111 Å². The van der Waals surface area contributed by atoms with Crippen LogP contribution in [-0.4, -0.2) is 16.0 Å². The molecule has 5 nitrogen and oxygen atoms in total. The van der Waals surface area contributed by atoms with Crippen LogP contribution in [0.15, 0.2) is 30.5 Å². The lowest BCUT2D eigenvalue weighted by Gasteiger charge is -2.10. The van der Waals surface area contributed by atoms with E-state index >= 15 is 0 Å². The number of pyridine rings is 1. The fourth-order valence-corrected chi connectivity index (χ4v) is 1.78. The molecule has 0 fully saturated rings. The number of aryl methyl sites for hydroxylation is 2. The molecule has 0 radical (unpaired) electrons. The van der Waals surface area contributed by atoms with Crippen molar-refractivity contribution < 1.29 is 9.90 Å². The summed E-state index contributed by atoms with van der Waals surface area (Å²) >= 11 is 0. The highest BCUT2D eigenvalue weighted by Crippen LogP contribution is 2.28. The van der Waals surface area contributed by atoms with Crippen LogP contribution in [0.2, 0.25) is 0 Å². The van der Waals surface area contributed by atoms with Crippen molar-refractivity contribution in [2.45, 2.75) is 13.8 Å². The summed E-state index contributed by atoms with van der Waals surface area (Å²) in [6.07, 6.45) is 1.41. The van der Waals surface area contributed by atoms with Crippen molar-refractivity contribution in [2.24, 2.45) is 0 Å². The first-order valence-electron chi connectivity index (χ1n) is 5.80. The van der Waals surface area contributed by atoms with Gasteiger partial charge in [-0.25, -0.2) is 4.98 Å². The van der Waals surface area contributed by atoms with Crippen molar-refractivity contribution >= 4 is 17.3 Å². The Morgan fingerprint density at radius 3 is 2.68 bits per heavy atom. The highest BCUT2D eigenvalue weighted by molar-refractivity contribution is 6.03. The standard InChI is InChI=1S/C14H15N3O2/c1-8-5-9(2)13(18)12(6-8)17-14(19)11-4-3-10(15)7-16-11/h3-7,18H,15H2,1-2H3,(H,17,19). The molecule has 19 heavy (non-hydrogen) atoms. The lowest BCUT2D eigenvalue weighted by Crippen LogP contribution is -2.14. The summed E-state index contributed by atoms with van der Waals surface area (Å²) < 4.78 is 0. The minimum absolute atomic E-state index is 0.0643. The van der Waals surface area contributed by atoms with E-state index in [0.717, 1.165) is 5.56 Å². The van der Waals surface area contributed by atoms with Gasteiger partial charge >= 0.3 is 0 Å². The number of anilines is 2. The summed E-state index contributed by atoms with van der Waals surface area (Å²) in [5.74, 6) is -0.324. The van der Waals surface area contributed by atoms with Crippen LogP contribution in [0.3, 0.4) is 0 Å². The van der Waals surface area contributed by atoms with Crippen LogP contribution in [0, 0.1) is 13.8 Å². The number of nitrogens with one attached hydrogen (secondary N) is 1. The molecule has 98 valence electrons. The number of carbonyl (C=O) groups is 1. The van der Waals surface area contributed by atoms with Crippen LogP contribution in [0.4, 0.5) is 11.4 Å². The average molecular weight is 257 g/mol. The SMILES string of the molecule is Cc1cc(C)c(O)c(NC(=O)c2ccc(N)cn2)c1. The number of phenols is 1. The van der Waals surface area contributed by atoms with Crippen molar-refractivity contribution in [1.82, 2.24) is 4.98 Å². The van der Waals surface area contributed by atoms with E-state index in [9.17, 15) is 9.90 Å². The first-order valence-corrected chi connectivity index (χ1v) is 5.80. The van der Waals surface area contributed by atoms with Gasteiger partial charge in [0, 0.05) is 0 Å². The minimum atomic E-state index is -0.389. The van der Waals surface area contributed by atoms with Gasteiger partial charge in [-0.15, -0.1) is 0 Å². The molecule has 2 rings (SSSR count). The second kappa shape index (κ2) is 4.97. The summed E-state index contributed by atoms with van der Waals surface area (Å²) in [6.45, 7) is 3.67. The van der Waals surface area contributed by atoms with Crippen molar-refractivity contribution in [2.75, 3.05) is 11.1 Å². The predicted molar refractivity (Wildman–Crippen MR) is 74.2 cm³/mol.